The van der Waals surface area contributed by atoms with E-state index in [1.165, 1.54) is 0 Å². The fourth-order valence-corrected chi connectivity index (χ4v) is 3.34. The minimum absolute atomic E-state index is 0.0534. The van der Waals surface area contributed by atoms with Crippen LogP contribution in [0.3, 0.4) is 0 Å². The second-order valence-corrected chi connectivity index (χ2v) is 5.86. The Balaban J connectivity index is 1.70. The van der Waals surface area contributed by atoms with E-state index in [0.717, 1.165) is 32.2 Å². The summed E-state index contributed by atoms with van der Waals surface area (Å²) >= 11 is 0. The number of likely N-dealkylation sites (tertiary alicyclic amines) is 1. The van der Waals surface area contributed by atoms with E-state index in [9.17, 15) is 14.4 Å². The van der Waals surface area contributed by atoms with Crippen LogP contribution in [0.4, 0.5) is 4.79 Å². The second-order valence-electron chi connectivity index (χ2n) is 5.86. The first-order valence-electron chi connectivity index (χ1n) is 7.26. The highest BCUT2D eigenvalue weighted by molar-refractivity contribution is 6.07. The van der Waals surface area contributed by atoms with Crippen LogP contribution in [-0.4, -0.2) is 54.0 Å². The van der Waals surface area contributed by atoms with E-state index in [-0.39, 0.29) is 24.4 Å². The van der Waals surface area contributed by atoms with Crippen molar-refractivity contribution in [2.24, 2.45) is 0 Å². The van der Waals surface area contributed by atoms with Gasteiger partial charge in [-0.15, -0.1) is 0 Å². The molecule has 3 saturated heterocycles. The average Bonchev–Trinajstić information content (AvgIpc) is 2.73. The highest BCUT2D eigenvalue weighted by Gasteiger charge is 2.49. The molecule has 0 aromatic carbocycles. The molecule has 0 aliphatic carbocycles. The van der Waals surface area contributed by atoms with Crippen LogP contribution in [-0.2, 0) is 9.59 Å². The number of carbonyl (C=O) groups is 3. The van der Waals surface area contributed by atoms with Gasteiger partial charge in [-0.05, 0) is 32.2 Å². The van der Waals surface area contributed by atoms with Crippen LogP contribution in [0.25, 0.3) is 0 Å². The highest BCUT2D eigenvalue weighted by atomic mass is 16.2. The van der Waals surface area contributed by atoms with Crippen molar-refractivity contribution in [2.75, 3.05) is 19.6 Å². The molecule has 7 heteroatoms. The molecule has 0 aromatic heterocycles. The lowest BCUT2D eigenvalue weighted by molar-refractivity contribution is -0.138. The number of hydrogen-bond acceptors (Lipinski definition) is 4. The molecule has 3 heterocycles. The summed E-state index contributed by atoms with van der Waals surface area (Å²) in [5.74, 6) is -0.255. The summed E-state index contributed by atoms with van der Waals surface area (Å²) in [6.45, 7) is 1.80. The molecule has 2 unspecified atom stereocenters. The normalized spacial score (nSPS) is 34.0. The van der Waals surface area contributed by atoms with Gasteiger partial charge in [0.05, 0.1) is 12.6 Å². The quantitative estimate of drug-likeness (QED) is 0.556. The van der Waals surface area contributed by atoms with Gasteiger partial charge in [0.25, 0.3) is 5.91 Å². The molecule has 3 aliphatic heterocycles. The summed E-state index contributed by atoms with van der Waals surface area (Å²) in [6, 6.07) is -0.598. The molecule has 4 amide bonds. The minimum Gasteiger partial charge on any atom is -0.338 e. The molecule has 0 saturated carbocycles. The van der Waals surface area contributed by atoms with E-state index in [2.05, 4.69) is 16.0 Å². The van der Waals surface area contributed by atoms with Crippen molar-refractivity contribution >= 4 is 17.8 Å². The van der Waals surface area contributed by atoms with E-state index >= 15 is 0 Å². The van der Waals surface area contributed by atoms with Crippen LogP contribution in [0.5, 0.6) is 0 Å². The predicted molar refractivity (Wildman–Crippen MR) is 70.9 cm³/mol. The lowest BCUT2D eigenvalue weighted by Gasteiger charge is -2.40. The Morgan fingerprint density at radius 2 is 2.10 bits per heavy atom. The van der Waals surface area contributed by atoms with E-state index in [4.69, 9.17) is 0 Å². The van der Waals surface area contributed by atoms with Crippen molar-refractivity contribution in [1.29, 1.82) is 0 Å². The van der Waals surface area contributed by atoms with Gasteiger partial charge < -0.3 is 15.5 Å². The topological polar surface area (TPSA) is 90.5 Å². The summed E-state index contributed by atoms with van der Waals surface area (Å²) in [5, 5.41) is 8.20. The molecule has 7 nitrogen and oxygen atoms in total. The molecule has 1 spiro atoms. The van der Waals surface area contributed by atoms with E-state index < -0.39 is 11.6 Å². The molecule has 2 atom stereocenters. The molecule has 0 radical (unpaired) electrons. The molecule has 20 heavy (non-hydrogen) atoms. The number of piperidine rings is 2. The van der Waals surface area contributed by atoms with Crippen LogP contribution < -0.4 is 16.0 Å². The Hall–Kier alpha value is -1.63. The number of nitrogens with zero attached hydrogens (tertiary/aromatic N) is 1. The zero-order chi connectivity index (χ0) is 14.2. The number of urea groups is 1. The molecular formula is C13H20N4O3. The molecule has 110 valence electrons. The van der Waals surface area contributed by atoms with Gasteiger partial charge in [0.15, 0.2) is 0 Å². The standard InChI is InChI=1S/C13H20N4O3/c18-10(9-4-1-2-6-14-9)17-7-3-5-13(8-17)11(19)15-12(20)16-13/h9,14H,1-8H2,(H2,15,16,19,20). The van der Waals surface area contributed by atoms with Crippen molar-refractivity contribution < 1.29 is 14.4 Å². The largest absolute Gasteiger partial charge is 0.338 e. The number of amides is 4. The number of carbonyl (C=O) groups excluding carboxylic acids is 3. The number of rotatable bonds is 1. The maximum atomic E-state index is 12.5. The van der Waals surface area contributed by atoms with Crippen molar-refractivity contribution in [3.63, 3.8) is 0 Å². The molecule has 0 bridgehead atoms. The minimum atomic E-state index is -0.917. The Morgan fingerprint density at radius 1 is 1.25 bits per heavy atom. The van der Waals surface area contributed by atoms with E-state index in [1.807, 2.05) is 0 Å². The third kappa shape index (κ3) is 2.26. The summed E-state index contributed by atoms with van der Waals surface area (Å²) in [4.78, 5) is 37.5. The number of imide groups is 1. The molecule has 0 aromatic rings. The van der Waals surface area contributed by atoms with Gasteiger partial charge in [-0.3, -0.25) is 14.9 Å². The summed E-state index contributed by atoms with van der Waals surface area (Å²) in [6.07, 6.45) is 4.32. The maximum Gasteiger partial charge on any atom is 0.322 e. The van der Waals surface area contributed by atoms with Gasteiger partial charge in [-0.1, -0.05) is 6.42 Å². The van der Waals surface area contributed by atoms with Crippen molar-refractivity contribution in [1.82, 2.24) is 20.9 Å². The lowest BCUT2D eigenvalue weighted by Crippen LogP contribution is -2.62. The SMILES string of the molecule is O=C1NC(=O)C2(CCCN(C(=O)C3CCCCN3)C2)N1. The second kappa shape index (κ2) is 5.05. The Labute approximate surface area is 117 Å². The third-order valence-electron chi connectivity index (χ3n) is 4.43. The molecular weight excluding hydrogens is 260 g/mol. The van der Waals surface area contributed by atoms with Crippen molar-refractivity contribution in [3.05, 3.63) is 0 Å². The smallest absolute Gasteiger partial charge is 0.322 e. The van der Waals surface area contributed by atoms with Crippen LogP contribution in [0.2, 0.25) is 0 Å². The lowest BCUT2D eigenvalue weighted by atomic mass is 9.88. The van der Waals surface area contributed by atoms with E-state index in [1.54, 1.807) is 4.90 Å². The Kier molecular flexibility index (Phi) is 3.37. The van der Waals surface area contributed by atoms with Gasteiger partial charge in [0.2, 0.25) is 5.91 Å². The molecule has 3 N–H and O–H groups in total. The first kappa shape index (κ1) is 13.4. The fourth-order valence-electron chi connectivity index (χ4n) is 3.34. The van der Waals surface area contributed by atoms with Crippen molar-refractivity contribution in [3.8, 4) is 0 Å². The maximum absolute atomic E-state index is 12.5. The van der Waals surface area contributed by atoms with Gasteiger partial charge in [0.1, 0.15) is 5.54 Å². The Bertz CT molecular complexity index is 447. The summed E-state index contributed by atoms with van der Waals surface area (Å²) in [5.41, 5.74) is -0.917. The van der Waals surface area contributed by atoms with Crippen LogP contribution in [0.1, 0.15) is 32.1 Å². The number of hydrogen-bond donors (Lipinski definition) is 3. The predicted octanol–water partition coefficient (Wildman–Crippen LogP) is -0.671. The zero-order valence-corrected chi connectivity index (χ0v) is 11.4. The first-order chi connectivity index (χ1) is 9.61. The number of nitrogens with one attached hydrogen (secondary N) is 3. The first-order valence-corrected chi connectivity index (χ1v) is 7.26. The third-order valence-corrected chi connectivity index (χ3v) is 4.43. The molecule has 3 rings (SSSR count). The molecule has 3 fully saturated rings. The summed E-state index contributed by atoms with van der Waals surface area (Å²) in [7, 11) is 0. The van der Waals surface area contributed by atoms with Crippen LogP contribution >= 0.6 is 0 Å². The van der Waals surface area contributed by atoms with Gasteiger partial charge >= 0.3 is 6.03 Å². The molecule has 3 aliphatic rings. The van der Waals surface area contributed by atoms with Gasteiger partial charge in [-0.2, -0.15) is 0 Å². The highest BCUT2D eigenvalue weighted by Crippen LogP contribution is 2.25. The average molecular weight is 280 g/mol. The van der Waals surface area contributed by atoms with Gasteiger partial charge in [0, 0.05) is 6.54 Å². The monoisotopic (exact) mass is 280 g/mol. The Morgan fingerprint density at radius 3 is 2.75 bits per heavy atom. The van der Waals surface area contributed by atoms with E-state index in [0.29, 0.717) is 13.0 Å². The fraction of sp³-hybridized carbons (Fsp3) is 0.769. The van der Waals surface area contributed by atoms with Crippen LogP contribution in [0, 0.1) is 0 Å². The van der Waals surface area contributed by atoms with Gasteiger partial charge in [-0.25, -0.2) is 4.79 Å². The van der Waals surface area contributed by atoms with Crippen LogP contribution in [0.15, 0.2) is 0 Å². The summed E-state index contributed by atoms with van der Waals surface area (Å²) < 4.78 is 0. The zero-order valence-electron chi connectivity index (χ0n) is 11.4. The van der Waals surface area contributed by atoms with Crippen molar-refractivity contribution in [2.45, 2.75) is 43.7 Å².